The van der Waals surface area contributed by atoms with Gasteiger partial charge in [-0.2, -0.15) is 0 Å². The molecule has 0 aliphatic carbocycles. The molecule has 10 rings (SSSR count). The first-order chi connectivity index (χ1) is 27.2. The number of nitrogens with zero attached hydrogens (tertiary/aromatic N) is 1. The molecule has 0 heterocycles. The maximum absolute atomic E-state index is 2.41. The molecular formula is C54H37N. The summed E-state index contributed by atoms with van der Waals surface area (Å²) in [5.74, 6) is 0. The van der Waals surface area contributed by atoms with Crippen LogP contribution in [0.3, 0.4) is 0 Å². The molecule has 0 fully saturated rings. The van der Waals surface area contributed by atoms with Gasteiger partial charge in [0.05, 0.1) is 0 Å². The second-order valence-electron chi connectivity index (χ2n) is 14.2. The fourth-order valence-electron chi connectivity index (χ4n) is 8.06. The Labute approximate surface area is 322 Å². The third kappa shape index (κ3) is 6.22. The number of hydrogen-bond acceptors (Lipinski definition) is 1. The van der Waals surface area contributed by atoms with Gasteiger partial charge in [0.15, 0.2) is 0 Å². The molecule has 0 atom stereocenters. The van der Waals surface area contributed by atoms with E-state index in [1.165, 1.54) is 76.8 Å². The standard InChI is InChI=1S/C54H37N/c1-3-14-38(15-4-1)46-33-47(39-16-5-2-6-17-39)36-50(35-46)55(49-22-13-21-43(34-49)44-27-26-40-18-7-8-19-42(40)32-44)48-30-28-41(29-31-48)54-37-45-20-9-10-23-51(45)52-24-11-12-25-53(52)54/h1-37H. The highest BCUT2D eigenvalue weighted by atomic mass is 15.1. The molecule has 0 N–H and O–H groups in total. The van der Waals surface area contributed by atoms with Crippen LogP contribution in [0, 0.1) is 0 Å². The van der Waals surface area contributed by atoms with Crippen LogP contribution in [0.15, 0.2) is 224 Å². The van der Waals surface area contributed by atoms with Crippen molar-refractivity contribution in [3.63, 3.8) is 0 Å². The first kappa shape index (κ1) is 32.4. The van der Waals surface area contributed by atoms with Gasteiger partial charge in [-0.25, -0.2) is 0 Å². The van der Waals surface area contributed by atoms with Gasteiger partial charge in [-0.05, 0) is 131 Å². The van der Waals surface area contributed by atoms with Crippen LogP contribution >= 0.6 is 0 Å². The van der Waals surface area contributed by atoms with Crippen molar-refractivity contribution in [2.24, 2.45) is 0 Å². The fraction of sp³-hybridized carbons (Fsp3) is 0. The molecule has 1 nitrogen and oxygen atoms in total. The smallest absolute Gasteiger partial charge is 0.0473 e. The third-order valence-corrected chi connectivity index (χ3v) is 10.8. The molecule has 55 heavy (non-hydrogen) atoms. The van der Waals surface area contributed by atoms with E-state index in [-0.39, 0.29) is 0 Å². The van der Waals surface area contributed by atoms with E-state index in [0.29, 0.717) is 0 Å². The first-order valence-electron chi connectivity index (χ1n) is 18.9. The fourth-order valence-corrected chi connectivity index (χ4v) is 8.06. The zero-order valence-corrected chi connectivity index (χ0v) is 30.3. The Hall–Kier alpha value is -7.22. The minimum atomic E-state index is 1.09. The highest BCUT2D eigenvalue weighted by Gasteiger charge is 2.18. The van der Waals surface area contributed by atoms with Crippen molar-refractivity contribution in [1.82, 2.24) is 0 Å². The number of benzene rings is 10. The normalized spacial score (nSPS) is 11.3. The lowest BCUT2D eigenvalue weighted by Gasteiger charge is -2.27. The molecule has 0 aliphatic heterocycles. The van der Waals surface area contributed by atoms with Crippen LogP contribution in [0.2, 0.25) is 0 Å². The quantitative estimate of drug-likeness (QED) is 0.150. The van der Waals surface area contributed by atoms with Gasteiger partial charge in [0, 0.05) is 17.1 Å². The van der Waals surface area contributed by atoms with Crippen molar-refractivity contribution in [3.05, 3.63) is 224 Å². The van der Waals surface area contributed by atoms with Crippen LogP contribution < -0.4 is 4.90 Å². The van der Waals surface area contributed by atoms with Crippen molar-refractivity contribution < 1.29 is 0 Å². The van der Waals surface area contributed by atoms with E-state index in [1.807, 2.05) is 0 Å². The Morgan fingerprint density at radius 2 is 0.745 bits per heavy atom. The van der Waals surface area contributed by atoms with Gasteiger partial charge in [-0.15, -0.1) is 0 Å². The van der Waals surface area contributed by atoms with Gasteiger partial charge < -0.3 is 4.90 Å². The summed E-state index contributed by atoms with van der Waals surface area (Å²) in [5, 5.41) is 7.55. The minimum absolute atomic E-state index is 1.09. The molecule has 0 aliphatic rings. The zero-order chi connectivity index (χ0) is 36.6. The minimum Gasteiger partial charge on any atom is -0.310 e. The Balaban J connectivity index is 1.16. The summed E-state index contributed by atoms with van der Waals surface area (Å²) in [6, 6.07) is 81.6. The van der Waals surface area contributed by atoms with Crippen molar-refractivity contribution >= 4 is 49.4 Å². The molecule has 1 heteroatoms. The molecule has 0 spiro atoms. The number of hydrogen-bond donors (Lipinski definition) is 0. The Kier molecular flexibility index (Phi) is 8.24. The lowest BCUT2D eigenvalue weighted by molar-refractivity contribution is 1.28. The highest BCUT2D eigenvalue weighted by molar-refractivity contribution is 6.13. The van der Waals surface area contributed by atoms with E-state index in [9.17, 15) is 0 Å². The monoisotopic (exact) mass is 699 g/mol. The summed E-state index contributed by atoms with van der Waals surface area (Å²) >= 11 is 0. The van der Waals surface area contributed by atoms with Gasteiger partial charge in [0.1, 0.15) is 0 Å². The van der Waals surface area contributed by atoms with Gasteiger partial charge in [0.25, 0.3) is 0 Å². The number of anilines is 3. The Bertz CT molecular complexity index is 2910. The predicted molar refractivity (Wildman–Crippen MR) is 235 cm³/mol. The van der Waals surface area contributed by atoms with E-state index in [0.717, 1.165) is 17.1 Å². The average Bonchev–Trinajstić information content (AvgIpc) is 3.27. The topological polar surface area (TPSA) is 3.24 Å². The van der Waals surface area contributed by atoms with Crippen LogP contribution in [0.25, 0.3) is 76.8 Å². The van der Waals surface area contributed by atoms with E-state index in [2.05, 4.69) is 229 Å². The van der Waals surface area contributed by atoms with Crippen LogP contribution in [0.5, 0.6) is 0 Å². The molecule has 258 valence electrons. The lowest BCUT2D eigenvalue weighted by atomic mass is 9.93. The summed E-state index contributed by atoms with van der Waals surface area (Å²) in [6.07, 6.45) is 0. The Morgan fingerprint density at radius 3 is 1.45 bits per heavy atom. The van der Waals surface area contributed by atoms with Crippen LogP contribution in [-0.2, 0) is 0 Å². The largest absolute Gasteiger partial charge is 0.310 e. The van der Waals surface area contributed by atoms with Crippen molar-refractivity contribution in [3.8, 4) is 44.5 Å². The summed E-state index contributed by atoms with van der Waals surface area (Å²) in [4.78, 5) is 2.41. The summed E-state index contributed by atoms with van der Waals surface area (Å²) < 4.78 is 0. The van der Waals surface area contributed by atoms with E-state index in [1.54, 1.807) is 0 Å². The lowest BCUT2D eigenvalue weighted by Crippen LogP contribution is -2.10. The average molecular weight is 700 g/mol. The molecule has 0 saturated carbocycles. The first-order valence-corrected chi connectivity index (χ1v) is 18.9. The van der Waals surface area contributed by atoms with Gasteiger partial charge >= 0.3 is 0 Å². The van der Waals surface area contributed by atoms with Gasteiger partial charge in [0.2, 0.25) is 0 Å². The number of fused-ring (bicyclic) bond motifs is 4. The van der Waals surface area contributed by atoms with Gasteiger partial charge in [-0.3, -0.25) is 0 Å². The molecule has 0 amide bonds. The number of rotatable bonds is 7. The second kappa shape index (κ2) is 14.0. The highest BCUT2D eigenvalue weighted by Crippen LogP contribution is 2.42. The Morgan fingerprint density at radius 1 is 0.218 bits per heavy atom. The van der Waals surface area contributed by atoms with Crippen LogP contribution in [0.4, 0.5) is 17.1 Å². The molecule has 0 aromatic heterocycles. The maximum Gasteiger partial charge on any atom is 0.0473 e. The predicted octanol–water partition coefficient (Wildman–Crippen LogP) is 15.3. The summed E-state index contributed by atoms with van der Waals surface area (Å²) in [7, 11) is 0. The molecule has 0 unspecified atom stereocenters. The van der Waals surface area contributed by atoms with Crippen molar-refractivity contribution in [2.45, 2.75) is 0 Å². The molecule has 10 aromatic rings. The molecule has 0 radical (unpaired) electrons. The van der Waals surface area contributed by atoms with E-state index >= 15 is 0 Å². The van der Waals surface area contributed by atoms with Crippen molar-refractivity contribution in [1.29, 1.82) is 0 Å². The molecule has 0 saturated heterocycles. The van der Waals surface area contributed by atoms with Crippen LogP contribution in [0.1, 0.15) is 0 Å². The molecule has 0 bridgehead atoms. The molecule has 10 aromatic carbocycles. The molecular weight excluding hydrogens is 663 g/mol. The van der Waals surface area contributed by atoms with Crippen LogP contribution in [-0.4, -0.2) is 0 Å². The maximum atomic E-state index is 2.41. The summed E-state index contributed by atoms with van der Waals surface area (Å²) in [6.45, 7) is 0. The van der Waals surface area contributed by atoms with Gasteiger partial charge in [-0.1, -0.05) is 170 Å². The van der Waals surface area contributed by atoms with Crippen molar-refractivity contribution in [2.75, 3.05) is 4.90 Å². The van der Waals surface area contributed by atoms with E-state index < -0.39 is 0 Å². The third-order valence-electron chi connectivity index (χ3n) is 10.8. The summed E-state index contributed by atoms with van der Waals surface area (Å²) in [5.41, 5.74) is 12.8. The SMILES string of the molecule is c1ccc(-c2cc(-c3ccccc3)cc(N(c3ccc(-c4cc5ccccc5c5ccccc45)cc3)c3cccc(-c4ccc5ccccc5c4)c3)c2)cc1. The van der Waals surface area contributed by atoms with E-state index in [4.69, 9.17) is 0 Å². The second-order valence-corrected chi connectivity index (χ2v) is 14.2. The zero-order valence-electron chi connectivity index (χ0n) is 30.3.